The van der Waals surface area contributed by atoms with Gasteiger partial charge in [-0.15, -0.1) is 0 Å². The molecule has 0 aliphatic carbocycles. The minimum atomic E-state index is -0.719. The average Bonchev–Trinajstić information content (AvgIpc) is 2.51. The van der Waals surface area contributed by atoms with Gasteiger partial charge in [-0.25, -0.2) is 0 Å². The zero-order valence-corrected chi connectivity index (χ0v) is 11.8. The SMILES string of the molecule is COc1c2c(c(C(O)CN)c3c1OCCC3)OCCC2. The highest BCUT2D eigenvalue weighted by Crippen LogP contribution is 2.49. The largest absolute Gasteiger partial charge is 0.493 e. The third kappa shape index (κ3) is 2.01. The Morgan fingerprint density at radius 1 is 1.15 bits per heavy atom. The highest BCUT2D eigenvalue weighted by Gasteiger charge is 2.32. The second-order valence-corrected chi connectivity index (χ2v) is 5.22. The van der Waals surface area contributed by atoms with Crippen LogP contribution in [0.25, 0.3) is 0 Å². The molecule has 2 heterocycles. The van der Waals surface area contributed by atoms with Crippen LogP contribution in [0.4, 0.5) is 0 Å². The van der Waals surface area contributed by atoms with E-state index in [2.05, 4.69) is 0 Å². The molecule has 3 rings (SSSR count). The zero-order chi connectivity index (χ0) is 14.1. The number of hydrogen-bond donors (Lipinski definition) is 2. The molecular formula is C15H21NO4. The van der Waals surface area contributed by atoms with Gasteiger partial charge in [0.05, 0.1) is 26.4 Å². The van der Waals surface area contributed by atoms with Crippen LogP contribution in [0.3, 0.4) is 0 Å². The maximum absolute atomic E-state index is 10.3. The first-order valence-corrected chi connectivity index (χ1v) is 7.17. The third-order valence-corrected chi connectivity index (χ3v) is 3.99. The first-order valence-electron chi connectivity index (χ1n) is 7.17. The zero-order valence-electron chi connectivity index (χ0n) is 11.8. The third-order valence-electron chi connectivity index (χ3n) is 3.99. The van der Waals surface area contributed by atoms with E-state index in [4.69, 9.17) is 19.9 Å². The first-order chi connectivity index (χ1) is 9.77. The molecule has 5 nitrogen and oxygen atoms in total. The minimum Gasteiger partial charge on any atom is -0.493 e. The van der Waals surface area contributed by atoms with Gasteiger partial charge in [-0.05, 0) is 25.7 Å². The molecule has 0 spiro atoms. The van der Waals surface area contributed by atoms with Crippen LogP contribution in [-0.2, 0) is 12.8 Å². The number of ether oxygens (including phenoxy) is 3. The first kappa shape index (κ1) is 13.5. The molecule has 0 fully saturated rings. The van der Waals surface area contributed by atoms with Crippen LogP contribution in [0, 0.1) is 0 Å². The molecule has 0 radical (unpaired) electrons. The van der Waals surface area contributed by atoms with Crippen molar-refractivity contribution >= 4 is 0 Å². The Hall–Kier alpha value is -1.46. The highest BCUT2D eigenvalue weighted by molar-refractivity contribution is 5.65. The van der Waals surface area contributed by atoms with Gasteiger partial charge in [0.1, 0.15) is 5.75 Å². The van der Waals surface area contributed by atoms with Gasteiger partial charge >= 0.3 is 0 Å². The summed E-state index contributed by atoms with van der Waals surface area (Å²) in [6.45, 7) is 1.52. The lowest BCUT2D eigenvalue weighted by atomic mass is 9.89. The lowest BCUT2D eigenvalue weighted by Crippen LogP contribution is -2.22. The highest BCUT2D eigenvalue weighted by atomic mass is 16.5. The fourth-order valence-corrected chi connectivity index (χ4v) is 3.12. The predicted molar refractivity (Wildman–Crippen MR) is 74.6 cm³/mol. The summed E-state index contributed by atoms with van der Waals surface area (Å²) < 4.78 is 17.2. The molecule has 110 valence electrons. The van der Waals surface area contributed by atoms with Crippen molar-refractivity contribution in [1.82, 2.24) is 0 Å². The van der Waals surface area contributed by atoms with Crippen molar-refractivity contribution < 1.29 is 19.3 Å². The summed E-state index contributed by atoms with van der Waals surface area (Å²) in [6, 6.07) is 0. The van der Waals surface area contributed by atoms with Crippen LogP contribution in [0.2, 0.25) is 0 Å². The topological polar surface area (TPSA) is 73.9 Å². The van der Waals surface area contributed by atoms with Crippen molar-refractivity contribution in [2.24, 2.45) is 5.73 Å². The molecule has 5 heteroatoms. The van der Waals surface area contributed by atoms with Crippen molar-refractivity contribution in [3.8, 4) is 17.2 Å². The van der Waals surface area contributed by atoms with Crippen LogP contribution in [0.5, 0.6) is 17.2 Å². The molecule has 1 aromatic carbocycles. The van der Waals surface area contributed by atoms with E-state index < -0.39 is 6.10 Å². The normalized spacial score (nSPS) is 18.4. The Labute approximate surface area is 118 Å². The minimum absolute atomic E-state index is 0.175. The second-order valence-electron chi connectivity index (χ2n) is 5.22. The molecule has 0 aromatic heterocycles. The van der Waals surface area contributed by atoms with Crippen LogP contribution >= 0.6 is 0 Å². The van der Waals surface area contributed by atoms with Crippen molar-refractivity contribution in [1.29, 1.82) is 0 Å². The summed E-state index contributed by atoms with van der Waals surface area (Å²) >= 11 is 0. The van der Waals surface area contributed by atoms with E-state index in [1.165, 1.54) is 0 Å². The van der Waals surface area contributed by atoms with E-state index in [-0.39, 0.29) is 6.54 Å². The van der Waals surface area contributed by atoms with Crippen LogP contribution in [-0.4, -0.2) is 32.0 Å². The smallest absolute Gasteiger partial charge is 0.167 e. The van der Waals surface area contributed by atoms with Gasteiger partial charge in [0.15, 0.2) is 11.5 Å². The predicted octanol–water partition coefficient (Wildman–Crippen LogP) is 1.34. The van der Waals surface area contributed by atoms with Gasteiger partial charge in [0, 0.05) is 23.2 Å². The molecule has 0 saturated heterocycles. The number of benzene rings is 1. The van der Waals surface area contributed by atoms with Crippen molar-refractivity contribution in [3.05, 3.63) is 16.7 Å². The van der Waals surface area contributed by atoms with Crippen LogP contribution < -0.4 is 19.9 Å². The van der Waals surface area contributed by atoms with Crippen molar-refractivity contribution in [3.63, 3.8) is 0 Å². The number of aliphatic hydroxyl groups excluding tert-OH is 1. The van der Waals surface area contributed by atoms with E-state index in [0.29, 0.717) is 13.2 Å². The molecule has 2 aliphatic heterocycles. The number of methoxy groups -OCH3 is 1. The van der Waals surface area contributed by atoms with E-state index in [9.17, 15) is 5.11 Å². The quantitative estimate of drug-likeness (QED) is 0.873. The summed E-state index contributed by atoms with van der Waals surface area (Å²) in [4.78, 5) is 0. The van der Waals surface area contributed by atoms with Crippen molar-refractivity contribution in [2.75, 3.05) is 26.9 Å². The second kappa shape index (κ2) is 5.50. The number of fused-ring (bicyclic) bond motifs is 2. The van der Waals surface area contributed by atoms with Gasteiger partial charge in [-0.1, -0.05) is 0 Å². The van der Waals surface area contributed by atoms with Crippen molar-refractivity contribution in [2.45, 2.75) is 31.8 Å². The number of rotatable bonds is 3. The number of nitrogens with two attached hydrogens (primary N) is 1. The Morgan fingerprint density at radius 2 is 1.80 bits per heavy atom. The molecule has 1 unspecified atom stereocenters. The lowest BCUT2D eigenvalue weighted by molar-refractivity contribution is 0.171. The summed E-state index contributed by atoms with van der Waals surface area (Å²) in [5.74, 6) is 2.29. The van der Waals surface area contributed by atoms with E-state index >= 15 is 0 Å². The summed E-state index contributed by atoms with van der Waals surface area (Å²) in [6.07, 6.45) is 2.89. The fraction of sp³-hybridized carbons (Fsp3) is 0.600. The molecule has 0 saturated carbocycles. The summed E-state index contributed by atoms with van der Waals surface area (Å²) in [5, 5.41) is 10.3. The maximum Gasteiger partial charge on any atom is 0.167 e. The van der Waals surface area contributed by atoms with Crippen LogP contribution in [0.1, 0.15) is 35.6 Å². The van der Waals surface area contributed by atoms with Gasteiger partial charge in [-0.3, -0.25) is 0 Å². The molecule has 1 aromatic rings. The lowest BCUT2D eigenvalue weighted by Gasteiger charge is -2.31. The molecule has 1 atom stereocenters. The molecule has 0 amide bonds. The Morgan fingerprint density at radius 3 is 2.45 bits per heavy atom. The number of hydrogen-bond acceptors (Lipinski definition) is 5. The van der Waals surface area contributed by atoms with Gasteiger partial charge in [0.25, 0.3) is 0 Å². The molecule has 2 aliphatic rings. The average molecular weight is 279 g/mol. The Balaban J connectivity index is 2.26. The van der Waals surface area contributed by atoms with E-state index in [1.54, 1.807) is 7.11 Å². The van der Waals surface area contributed by atoms with Gasteiger partial charge < -0.3 is 25.1 Å². The fourth-order valence-electron chi connectivity index (χ4n) is 3.12. The van der Waals surface area contributed by atoms with E-state index in [1.807, 2.05) is 0 Å². The summed E-state index contributed by atoms with van der Waals surface area (Å²) in [5.41, 5.74) is 8.46. The molecule has 3 N–H and O–H groups in total. The van der Waals surface area contributed by atoms with Gasteiger partial charge in [-0.2, -0.15) is 0 Å². The monoisotopic (exact) mass is 279 g/mol. The molecular weight excluding hydrogens is 258 g/mol. The Kier molecular flexibility index (Phi) is 3.72. The maximum atomic E-state index is 10.3. The van der Waals surface area contributed by atoms with E-state index in [0.717, 1.165) is 59.6 Å². The van der Waals surface area contributed by atoms with Gasteiger partial charge in [0.2, 0.25) is 0 Å². The standard InChI is InChI=1S/C15H21NO4/c1-18-14-10-5-3-6-19-13(10)12(11(17)8-16)9-4-2-7-20-15(9)14/h11,17H,2-8,16H2,1H3. The number of aliphatic hydroxyl groups is 1. The summed E-state index contributed by atoms with van der Waals surface area (Å²) in [7, 11) is 1.65. The molecule has 0 bridgehead atoms. The van der Waals surface area contributed by atoms with Crippen LogP contribution in [0.15, 0.2) is 0 Å². The Bertz CT molecular complexity index is 478. The molecule has 20 heavy (non-hydrogen) atoms.